The Morgan fingerprint density at radius 2 is 1.83 bits per heavy atom. The standard InChI is InChI=1S/C19H18O4/c1-11(2)10-22-14-5-7-18-16(9-14)15-8-13(12(3)19(20)21)4-6-17(15)23-18/h4-9,11H,3,10H2,1-2H3,(H,20,21). The van der Waals surface area contributed by atoms with E-state index in [0.717, 1.165) is 22.1 Å². The number of carboxylic acid groups (broad SMARTS) is 1. The lowest BCUT2D eigenvalue weighted by atomic mass is 10.0. The number of carboxylic acids is 1. The van der Waals surface area contributed by atoms with E-state index in [2.05, 4.69) is 20.4 Å². The van der Waals surface area contributed by atoms with Crippen molar-refractivity contribution in [2.75, 3.05) is 6.61 Å². The van der Waals surface area contributed by atoms with Crippen molar-refractivity contribution in [3.63, 3.8) is 0 Å². The fourth-order valence-electron chi connectivity index (χ4n) is 2.42. The molecule has 0 unspecified atom stereocenters. The van der Waals surface area contributed by atoms with E-state index < -0.39 is 5.97 Å². The molecule has 118 valence electrons. The highest BCUT2D eigenvalue weighted by atomic mass is 16.5. The minimum atomic E-state index is -1.03. The summed E-state index contributed by atoms with van der Waals surface area (Å²) in [7, 11) is 0. The summed E-state index contributed by atoms with van der Waals surface area (Å²) >= 11 is 0. The normalized spacial score (nSPS) is 11.3. The van der Waals surface area contributed by atoms with Gasteiger partial charge in [-0.2, -0.15) is 0 Å². The molecule has 0 fully saturated rings. The van der Waals surface area contributed by atoms with Gasteiger partial charge in [0.05, 0.1) is 12.2 Å². The largest absolute Gasteiger partial charge is 0.493 e. The zero-order valence-corrected chi connectivity index (χ0v) is 13.1. The summed E-state index contributed by atoms with van der Waals surface area (Å²) in [4.78, 5) is 11.1. The van der Waals surface area contributed by atoms with Crippen molar-refractivity contribution in [3.8, 4) is 5.75 Å². The van der Waals surface area contributed by atoms with Crippen molar-refractivity contribution in [2.24, 2.45) is 5.92 Å². The number of ether oxygens (including phenoxy) is 1. The van der Waals surface area contributed by atoms with Gasteiger partial charge in [-0.05, 0) is 41.8 Å². The molecule has 0 amide bonds. The first-order chi connectivity index (χ1) is 11.0. The molecule has 4 nitrogen and oxygen atoms in total. The zero-order valence-electron chi connectivity index (χ0n) is 13.1. The molecule has 0 radical (unpaired) electrons. The number of hydrogen-bond donors (Lipinski definition) is 1. The number of hydrogen-bond acceptors (Lipinski definition) is 3. The van der Waals surface area contributed by atoms with Gasteiger partial charge in [-0.25, -0.2) is 4.79 Å². The summed E-state index contributed by atoms with van der Waals surface area (Å²) in [6, 6.07) is 11.0. The Hall–Kier alpha value is -2.75. The van der Waals surface area contributed by atoms with E-state index in [-0.39, 0.29) is 5.57 Å². The van der Waals surface area contributed by atoms with Crippen LogP contribution in [-0.2, 0) is 4.79 Å². The SMILES string of the molecule is C=C(C(=O)O)c1ccc2oc3ccc(OCC(C)C)cc3c2c1. The third kappa shape index (κ3) is 2.93. The number of carbonyl (C=O) groups is 1. The Morgan fingerprint density at radius 1 is 1.17 bits per heavy atom. The monoisotopic (exact) mass is 310 g/mol. The van der Waals surface area contributed by atoms with E-state index in [1.54, 1.807) is 18.2 Å². The average Bonchev–Trinajstić information content (AvgIpc) is 2.89. The van der Waals surface area contributed by atoms with Gasteiger partial charge in [0.1, 0.15) is 16.9 Å². The van der Waals surface area contributed by atoms with Gasteiger partial charge in [0.2, 0.25) is 0 Å². The molecule has 1 heterocycles. The maximum atomic E-state index is 11.1. The second-order valence-electron chi connectivity index (χ2n) is 5.96. The van der Waals surface area contributed by atoms with Crippen LogP contribution in [0.5, 0.6) is 5.75 Å². The van der Waals surface area contributed by atoms with Gasteiger partial charge in [0.15, 0.2) is 0 Å². The fourth-order valence-corrected chi connectivity index (χ4v) is 2.42. The molecular weight excluding hydrogens is 292 g/mol. The number of aliphatic carboxylic acids is 1. The van der Waals surface area contributed by atoms with Crippen molar-refractivity contribution in [1.29, 1.82) is 0 Å². The lowest BCUT2D eigenvalue weighted by Crippen LogP contribution is -2.04. The predicted molar refractivity (Wildman–Crippen MR) is 90.7 cm³/mol. The highest BCUT2D eigenvalue weighted by Crippen LogP contribution is 2.33. The third-order valence-electron chi connectivity index (χ3n) is 3.63. The molecule has 3 rings (SSSR count). The first-order valence-electron chi connectivity index (χ1n) is 7.47. The van der Waals surface area contributed by atoms with Crippen molar-refractivity contribution < 1.29 is 19.1 Å². The third-order valence-corrected chi connectivity index (χ3v) is 3.63. The summed E-state index contributed by atoms with van der Waals surface area (Å²) in [5, 5.41) is 10.9. The van der Waals surface area contributed by atoms with Crippen LogP contribution >= 0.6 is 0 Å². The van der Waals surface area contributed by atoms with Gasteiger partial charge in [0, 0.05) is 10.8 Å². The Bertz CT molecular complexity index is 902. The molecule has 0 atom stereocenters. The molecule has 1 N–H and O–H groups in total. The maximum absolute atomic E-state index is 11.1. The molecule has 4 heteroatoms. The molecule has 0 aliphatic rings. The molecule has 0 saturated heterocycles. The highest BCUT2D eigenvalue weighted by molar-refractivity contribution is 6.16. The van der Waals surface area contributed by atoms with E-state index in [1.165, 1.54) is 0 Å². The topological polar surface area (TPSA) is 59.7 Å². The van der Waals surface area contributed by atoms with E-state index in [4.69, 9.17) is 14.3 Å². The number of furan rings is 1. The van der Waals surface area contributed by atoms with Gasteiger partial charge >= 0.3 is 5.97 Å². The Kier molecular flexibility index (Phi) is 3.82. The predicted octanol–water partition coefficient (Wildman–Crippen LogP) is 4.72. The summed E-state index contributed by atoms with van der Waals surface area (Å²) in [6.07, 6.45) is 0. The smallest absolute Gasteiger partial charge is 0.335 e. The van der Waals surface area contributed by atoms with Crippen molar-refractivity contribution in [3.05, 3.63) is 48.5 Å². The molecule has 2 aromatic carbocycles. The molecule has 0 aliphatic heterocycles. The minimum Gasteiger partial charge on any atom is -0.493 e. The van der Waals surface area contributed by atoms with Crippen molar-refractivity contribution >= 4 is 33.5 Å². The fraction of sp³-hybridized carbons (Fsp3) is 0.211. The molecule has 23 heavy (non-hydrogen) atoms. The average molecular weight is 310 g/mol. The van der Waals surface area contributed by atoms with Gasteiger partial charge in [0.25, 0.3) is 0 Å². The highest BCUT2D eigenvalue weighted by Gasteiger charge is 2.12. The lowest BCUT2D eigenvalue weighted by molar-refractivity contribution is -0.130. The number of fused-ring (bicyclic) bond motifs is 3. The quantitative estimate of drug-likeness (QED) is 0.693. The van der Waals surface area contributed by atoms with Crippen LogP contribution in [0.25, 0.3) is 27.5 Å². The molecule has 0 aliphatic carbocycles. The molecule has 0 bridgehead atoms. The lowest BCUT2D eigenvalue weighted by Gasteiger charge is -2.08. The second kappa shape index (κ2) is 5.80. The Balaban J connectivity index is 2.09. The summed E-state index contributed by atoms with van der Waals surface area (Å²) in [5.74, 6) is 0.187. The number of rotatable bonds is 5. The van der Waals surface area contributed by atoms with E-state index in [0.29, 0.717) is 23.7 Å². The van der Waals surface area contributed by atoms with Gasteiger partial charge in [-0.3, -0.25) is 0 Å². The Morgan fingerprint density at radius 3 is 2.48 bits per heavy atom. The van der Waals surface area contributed by atoms with Gasteiger partial charge in [-0.15, -0.1) is 0 Å². The van der Waals surface area contributed by atoms with Gasteiger partial charge < -0.3 is 14.3 Å². The molecule has 0 spiro atoms. The summed E-state index contributed by atoms with van der Waals surface area (Å²) in [6.45, 7) is 8.43. The van der Waals surface area contributed by atoms with E-state index in [9.17, 15) is 4.79 Å². The first-order valence-corrected chi connectivity index (χ1v) is 7.47. The molecule has 0 saturated carbocycles. The van der Waals surface area contributed by atoms with Crippen LogP contribution in [0.2, 0.25) is 0 Å². The van der Waals surface area contributed by atoms with Crippen LogP contribution in [0.15, 0.2) is 47.4 Å². The van der Waals surface area contributed by atoms with Crippen molar-refractivity contribution in [1.82, 2.24) is 0 Å². The van der Waals surface area contributed by atoms with Crippen molar-refractivity contribution in [2.45, 2.75) is 13.8 Å². The molecule has 1 aromatic heterocycles. The molecular formula is C19H18O4. The first kappa shape index (κ1) is 15.2. The Labute approximate surface area is 134 Å². The minimum absolute atomic E-state index is 0.0634. The molecule has 3 aromatic rings. The zero-order chi connectivity index (χ0) is 16.6. The van der Waals surface area contributed by atoms with E-state index in [1.807, 2.05) is 18.2 Å². The summed E-state index contributed by atoms with van der Waals surface area (Å²) in [5.41, 5.74) is 2.09. The maximum Gasteiger partial charge on any atom is 0.335 e. The summed E-state index contributed by atoms with van der Waals surface area (Å²) < 4.78 is 11.6. The van der Waals surface area contributed by atoms with Crippen LogP contribution in [0.4, 0.5) is 0 Å². The van der Waals surface area contributed by atoms with Crippen LogP contribution in [-0.4, -0.2) is 17.7 Å². The van der Waals surface area contributed by atoms with Gasteiger partial charge in [-0.1, -0.05) is 26.5 Å². The van der Waals surface area contributed by atoms with Crippen LogP contribution in [0, 0.1) is 5.92 Å². The van der Waals surface area contributed by atoms with E-state index >= 15 is 0 Å². The van der Waals surface area contributed by atoms with Crippen LogP contribution < -0.4 is 4.74 Å². The number of benzene rings is 2. The second-order valence-corrected chi connectivity index (χ2v) is 5.96. The van der Waals surface area contributed by atoms with Crippen LogP contribution in [0.3, 0.4) is 0 Å². The van der Waals surface area contributed by atoms with Crippen LogP contribution in [0.1, 0.15) is 19.4 Å².